The van der Waals surface area contributed by atoms with Crippen LogP contribution in [0, 0.1) is 12.7 Å². The van der Waals surface area contributed by atoms with Gasteiger partial charge in [-0.2, -0.15) is 10.2 Å². The number of aryl methyl sites for hydroxylation is 1. The van der Waals surface area contributed by atoms with Gasteiger partial charge in [-0.1, -0.05) is 18.2 Å². The number of carbonyl (C=O) groups excluding carboxylic acids is 2. The van der Waals surface area contributed by atoms with E-state index in [1.807, 2.05) is 12.1 Å². The molecule has 7 nitrogen and oxygen atoms in total. The van der Waals surface area contributed by atoms with Gasteiger partial charge in [-0.25, -0.2) is 4.39 Å². The number of benzene rings is 2. The number of rotatable bonds is 4. The first kappa shape index (κ1) is 21.4. The van der Waals surface area contributed by atoms with Crippen molar-refractivity contribution < 1.29 is 14.0 Å². The first-order chi connectivity index (χ1) is 15.5. The van der Waals surface area contributed by atoms with Crippen molar-refractivity contribution in [3.63, 3.8) is 0 Å². The summed E-state index contributed by atoms with van der Waals surface area (Å²) in [5, 5.41) is 9.91. The average Bonchev–Trinajstić information content (AvgIpc) is 3.05. The Balaban J connectivity index is 1.47. The van der Waals surface area contributed by atoms with Gasteiger partial charge in [-0.05, 0) is 49.2 Å². The van der Waals surface area contributed by atoms with Gasteiger partial charge >= 0.3 is 0 Å². The summed E-state index contributed by atoms with van der Waals surface area (Å²) in [7, 11) is 0. The third kappa shape index (κ3) is 4.91. The van der Waals surface area contributed by atoms with E-state index in [0.717, 1.165) is 13.0 Å². The minimum absolute atomic E-state index is 0.206. The summed E-state index contributed by atoms with van der Waals surface area (Å²) in [4.78, 5) is 29.5. The number of anilines is 2. The highest BCUT2D eigenvalue weighted by Gasteiger charge is 2.22. The van der Waals surface area contributed by atoms with Crippen molar-refractivity contribution in [2.75, 3.05) is 36.4 Å². The largest absolute Gasteiger partial charge is 0.369 e. The molecule has 0 bridgehead atoms. The highest BCUT2D eigenvalue weighted by Crippen LogP contribution is 2.22. The van der Waals surface area contributed by atoms with E-state index in [9.17, 15) is 14.0 Å². The predicted molar refractivity (Wildman–Crippen MR) is 120 cm³/mol. The summed E-state index contributed by atoms with van der Waals surface area (Å²) in [5.74, 6) is -1.29. The maximum Gasteiger partial charge on any atom is 0.257 e. The Kier molecular flexibility index (Phi) is 6.39. The molecule has 4 rings (SSSR count). The van der Waals surface area contributed by atoms with Crippen LogP contribution in [-0.4, -0.2) is 53.1 Å². The lowest BCUT2D eigenvalue weighted by Gasteiger charge is -2.25. The van der Waals surface area contributed by atoms with E-state index in [2.05, 4.69) is 39.5 Å². The molecule has 1 aliphatic heterocycles. The van der Waals surface area contributed by atoms with Crippen LogP contribution >= 0.6 is 0 Å². The fourth-order valence-corrected chi connectivity index (χ4v) is 3.88. The van der Waals surface area contributed by atoms with Gasteiger partial charge in [-0.3, -0.25) is 9.59 Å². The van der Waals surface area contributed by atoms with Crippen molar-refractivity contribution >= 4 is 23.2 Å². The minimum atomic E-state index is -0.588. The first-order valence-electron chi connectivity index (χ1n) is 10.5. The fraction of sp³-hybridized carbons (Fsp3) is 0.250. The summed E-state index contributed by atoms with van der Waals surface area (Å²) in [6.07, 6.45) is 3.53. The Hall–Kier alpha value is -3.81. The molecule has 0 atom stereocenters. The number of halogens is 1. The number of aromatic nitrogens is 2. The van der Waals surface area contributed by atoms with Crippen LogP contribution in [-0.2, 0) is 0 Å². The normalized spacial score (nSPS) is 14.1. The number of nitrogens with zero attached hydrogens (tertiary/aromatic N) is 4. The molecule has 164 valence electrons. The lowest BCUT2D eigenvalue weighted by atomic mass is 10.1. The molecule has 2 aromatic carbocycles. The molecule has 1 saturated heterocycles. The Morgan fingerprint density at radius 3 is 2.59 bits per heavy atom. The lowest BCUT2D eigenvalue weighted by Crippen LogP contribution is -2.35. The summed E-state index contributed by atoms with van der Waals surface area (Å²) in [6, 6.07) is 13.6. The molecule has 1 aliphatic rings. The van der Waals surface area contributed by atoms with Crippen LogP contribution in [0.25, 0.3) is 0 Å². The molecule has 3 aromatic rings. The van der Waals surface area contributed by atoms with E-state index in [1.165, 1.54) is 47.9 Å². The third-order valence-electron chi connectivity index (χ3n) is 5.49. The highest BCUT2D eigenvalue weighted by molar-refractivity contribution is 6.04. The van der Waals surface area contributed by atoms with Crippen LogP contribution in [0.5, 0.6) is 0 Å². The minimum Gasteiger partial charge on any atom is -0.369 e. The molecule has 8 heteroatoms. The average molecular weight is 433 g/mol. The van der Waals surface area contributed by atoms with E-state index >= 15 is 0 Å². The quantitative estimate of drug-likeness (QED) is 0.681. The van der Waals surface area contributed by atoms with E-state index in [4.69, 9.17) is 0 Å². The molecule has 0 radical (unpaired) electrons. The second kappa shape index (κ2) is 9.55. The molecule has 1 fully saturated rings. The molecule has 0 unspecified atom stereocenters. The number of hydrogen-bond acceptors (Lipinski definition) is 5. The van der Waals surface area contributed by atoms with Crippen LogP contribution in [0.3, 0.4) is 0 Å². The topological polar surface area (TPSA) is 78.4 Å². The van der Waals surface area contributed by atoms with Crippen molar-refractivity contribution in [2.45, 2.75) is 13.3 Å². The van der Waals surface area contributed by atoms with Gasteiger partial charge in [-0.15, -0.1) is 0 Å². The molecular weight excluding hydrogens is 409 g/mol. The van der Waals surface area contributed by atoms with Gasteiger partial charge in [0.15, 0.2) is 0 Å². The first-order valence-corrected chi connectivity index (χ1v) is 10.5. The maximum atomic E-state index is 14.3. The van der Waals surface area contributed by atoms with Crippen molar-refractivity contribution in [3.05, 3.63) is 83.4 Å². The zero-order valence-corrected chi connectivity index (χ0v) is 17.8. The van der Waals surface area contributed by atoms with Crippen molar-refractivity contribution in [1.29, 1.82) is 0 Å². The van der Waals surface area contributed by atoms with Crippen LogP contribution in [0.2, 0.25) is 0 Å². The number of carbonyl (C=O) groups is 2. The van der Waals surface area contributed by atoms with E-state index in [-0.39, 0.29) is 17.2 Å². The number of hydrogen-bond donors (Lipinski definition) is 1. The Labute approximate surface area is 185 Å². The molecule has 2 amide bonds. The van der Waals surface area contributed by atoms with Gasteiger partial charge in [0.1, 0.15) is 5.82 Å². The third-order valence-corrected chi connectivity index (χ3v) is 5.49. The number of nitrogens with one attached hydrogen (secondary N) is 1. The van der Waals surface area contributed by atoms with Crippen molar-refractivity contribution in [1.82, 2.24) is 15.1 Å². The molecule has 2 heterocycles. The smallest absolute Gasteiger partial charge is 0.257 e. The Bertz CT molecular complexity index is 1120. The summed E-state index contributed by atoms with van der Waals surface area (Å²) < 4.78 is 14.3. The molecule has 1 aromatic heterocycles. The van der Waals surface area contributed by atoms with Crippen LogP contribution < -0.4 is 10.2 Å². The van der Waals surface area contributed by atoms with Crippen LogP contribution in [0.4, 0.5) is 15.8 Å². The molecule has 0 saturated carbocycles. The second-order valence-corrected chi connectivity index (χ2v) is 7.73. The van der Waals surface area contributed by atoms with Gasteiger partial charge in [0.05, 0.1) is 18.0 Å². The van der Waals surface area contributed by atoms with E-state index in [0.29, 0.717) is 25.2 Å². The summed E-state index contributed by atoms with van der Waals surface area (Å²) in [5.41, 5.74) is 3.08. The van der Waals surface area contributed by atoms with Crippen molar-refractivity contribution in [2.24, 2.45) is 0 Å². The molecule has 32 heavy (non-hydrogen) atoms. The second-order valence-electron chi connectivity index (χ2n) is 7.73. The summed E-state index contributed by atoms with van der Waals surface area (Å²) in [6.45, 7) is 4.74. The zero-order chi connectivity index (χ0) is 22.5. The van der Waals surface area contributed by atoms with Gasteiger partial charge in [0, 0.05) is 43.1 Å². The maximum absolute atomic E-state index is 14.3. The SMILES string of the molecule is Cc1ccccc1N1CCCN(C(=O)c2cc(F)cc(NC(=O)c3ccnnc3)c2)CC1. The van der Waals surface area contributed by atoms with Gasteiger partial charge < -0.3 is 15.1 Å². The Morgan fingerprint density at radius 1 is 0.969 bits per heavy atom. The number of para-hydroxylation sites is 1. The van der Waals surface area contributed by atoms with Crippen LogP contribution in [0.1, 0.15) is 32.7 Å². The highest BCUT2D eigenvalue weighted by atomic mass is 19.1. The lowest BCUT2D eigenvalue weighted by molar-refractivity contribution is 0.0766. The van der Waals surface area contributed by atoms with Gasteiger partial charge in [0.25, 0.3) is 11.8 Å². The van der Waals surface area contributed by atoms with E-state index in [1.54, 1.807) is 4.90 Å². The predicted octanol–water partition coefficient (Wildman–Crippen LogP) is 3.53. The van der Waals surface area contributed by atoms with Crippen molar-refractivity contribution in [3.8, 4) is 0 Å². The Morgan fingerprint density at radius 2 is 1.81 bits per heavy atom. The van der Waals surface area contributed by atoms with Crippen LogP contribution in [0.15, 0.2) is 60.9 Å². The zero-order valence-electron chi connectivity index (χ0n) is 17.8. The number of amides is 2. The molecule has 1 N–H and O–H groups in total. The molecule has 0 spiro atoms. The fourth-order valence-electron chi connectivity index (χ4n) is 3.88. The standard InChI is InChI=1S/C24H24FN5O2/c1-17-5-2-3-6-22(17)29-9-4-10-30(12-11-29)24(32)19-13-20(25)15-21(14-19)28-23(31)18-7-8-26-27-16-18/h2-3,5-8,13-16H,4,9-12H2,1H3,(H,28,31). The van der Waals surface area contributed by atoms with E-state index < -0.39 is 11.7 Å². The van der Waals surface area contributed by atoms with Gasteiger partial charge in [0.2, 0.25) is 0 Å². The monoisotopic (exact) mass is 433 g/mol. The molecular formula is C24H24FN5O2. The summed E-state index contributed by atoms with van der Waals surface area (Å²) >= 11 is 0. The molecule has 0 aliphatic carbocycles.